The largest absolute Gasteiger partial charge is 0.324 e. The topological polar surface area (TPSA) is 59.2 Å². The van der Waals surface area contributed by atoms with Gasteiger partial charge in [0.05, 0.1) is 5.41 Å². The first kappa shape index (κ1) is 19.5. The number of rotatable bonds is 5. The molecule has 0 bridgehead atoms. The number of anilines is 1. The van der Waals surface area contributed by atoms with Gasteiger partial charge in [-0.15, -0.1) is 0 Å². The van der Waals surface area contributed by atoms with Gasteiger partial charge in [-0.2, -0.15) is 4.98 Å². The van der Waals surface area contributed by atoms with Gasteiger partial charge in [0.2, 0.25) is 0 Å². The van der Waals surface area contributed by atoms with Crippen LogP contribution in [-0.4, -0.2) is 38.9 Å². The maximum Gasteiger partial charge on any atom is 0.324 e. The molecule has 0 N–H and O–H groups in total. The predicted molar refractivity (Wildman–Crippen MR) is 109 cm³/mol. The number of hydrogen-bond acceptors (Lipinski definition) is 5. The number of benzene rings is 1. The fraction of sp³-hybridized carbons (Fsp3) is 0.579. The summed E-state index contributed by atoms with van der Waals surface area (Å²) in [5.74, 6) is 1.02. The molecule has 0 amide bonds. The molecule has 26 heavy (non-hydrogen) atoms. The van der Waals surface area contributed by atoms with E-state index >= 15 is 0 Å². The Morgan fingerprint density at radius 2 is 1.88 bits per heavy atom. The van der Waals surface area contributed by atoms with Crippen molar-refractivity contribution in [2.75, 3.05) is 24.2 Å². The molecule has 1 saturated heterocycles. The minimum Gasteiger partial charge on any atom is -0.324 e. The third-order valence-electron chi connectivity index (χ3n) is 5.66. The molecule has 3 rings (SSSR count). The second kappa shape index (κ2) is 7.80. The van der Waals surface area contributed by atoms with Gasteiger partial charge in [-0.25, -0.2) is 0 Å². The highest BCUT2D eigenvalue weighted by molar-refractivity contribution is 9.10. The Kier molecular flexibility index (Phi) is 5.87. The highest BCUT2D eigenvalue weighted by Crippen LogP contribution is 2.38. The first-order valence-electron chi connectivity index (χ1n) is 8.99. The highest BCUT2D eigenvalue weighted by atomic mass is 79.9. The van der Waals surface area contributed by atoms with Gasteiger partial charge in [-0.1, -0.05) is 47.1 Å². The van der Waals surface area contributed by atoms with E-state index in [1.165, 1.54) is 5.56 Å². The lowest BCUT2D eigenvalue weighted by atomic mass is 9.73. The average molecular weight is 440 g/mol. The number of piperidine rings is 1. The van der Waals surface area contributed by atoms with Crippen molar-refractivity contribution in [2.24, 2.45) is 5.92 Å². The van der Waals surface area contributed by atoms with Crippen molar-refractivity contribution in [1.29, 1.82) is 0 Å². The van der Waals surface area contributed by atoms with Crippen LogP contribution in [0.5, 0.6) is 0 Å². The van der Waals surface area contributed by atoms with Gasteiger partial charge < -0.3 is 9.42 Å². The Bertz CT molecular complexity index is 769. The number of nitrogens with zero attached hydrogens (tertiary/aromatic N) is 3. The van der Waals surface area contributed by atoms with E-state index in [2.05, 4.69) is 58.9 Å². The fourth-order valence-corrected chi connectivity index (χ4v) is 4.59. The van der Waals surface area contributed by atoms with Crippen molar-refractivity contribution in [3.63, 3.8) is 0 Å². The standard InChI is InChI=1S/C19H26BrN3O2S/c1-13(2)19(3,14-5-7-15(20)8-6-14)17-21-18(25-22-17)23-11-9-16(10-12-23)26(4)24/h5-8,13,16H,9-12H2,1-4H3. The predicted octanol–water partition coefficient (Wildman–Crippen LogP) is 4.14. The maximum absolute atomic E-state index is 11.7. The van der Waals surface area contributed by atoms with E-state index in [-0.39, 0.29) is 10.7 Å². The normalized spacial score (nSPS) is 19.5. The summed E-state index contributed by atoms with van der Waals surface area (Å²) < 4.78 is 18.3. The molecular weight excluding hydrogens is 414 g/mol. The SMILES string of the molecule is CC(C)C(C)(c1ccc(Br)cc1)c1noc(N2CCC(S(C)=O)CC2)n1. The van der Waals surface area contributed by atoms with Gasteiger partial charge >= 0.3 is 6.01 Å². The lowest BCUT2D eigenvalue weighted by Crippen LogP contribution is -2.38. The molecular formula is C19H26BrN3O2S. The fourth-order valence-electron chi connectivity index (χ4n) is 3.45. The van der Waals surface area contributed by atoms with E-state index in [4.69, 9.17) is 9.51 Å². The van der Waals surface area contributed by atoms with Crippen LogP contribution < -0.4 is 4.90 Å². The number of aromatic nitrogens is 2. The summed E-state index contributed by atoms with van der Waals surface area (Å²) in [5.41, 5.74) is 0.842. The minimum atomic E-state index is -0.762. The molecule has 2 atom stereocenters. The zero-order valence-electron chi connectivity index (χ0n) is 15.7. The molecule has 0 aliphatic carbocycles. The zero-order valence-corrected chi connectivity index (χ0v) is 18.1. The van der Waals surface area contributed by atoms with Crippen molar-refractivity contribution in [2.45, 2.75) is 44.3 Å². The second-order valence-electron chi connectivity index (χ2n) is 7.45. The minimum absolute atomic E-state index is 0.275. The molecule has 5 nitrogen and oxygen atoms in total. The van der Waals surface area contributed by atoms with Gasteiger partial charge in [0.15, 0.2) is 5.82 Å². The van der Waals surface area contributed by atoms with E-state index in [0.29, 0.717) is 17.8 Å². The molecule has 2 unspecified atom stereocenters. The van der Waals surface area contributed by atoms with Crippen molar-refractivity contribution in [3.8, 4) is 0 Å². The quantitative estimate of drug-likeness (QED) is 0.700. The third kappa shape index (κ3) is 3.74. The van der Waals surface area contributed by atoms with Gasteiger partial charge in [0, 0.05) is 39.9 Å². The Hall–Kier alpha value is -1.21. The van der Waals surface area contributed by atoms with Crippen LogP contribution in [0, 0.1) is 5.92 Å². The van der Waals surface area contributed by atoms with Crippen molar-refractivity contribution in [3.05, 3.63) is 40.1 Å². The van der Waals surface area contributed by atoms with Gasteiger partial charge in [-0.05, 0) is 43.4 Å². The first-order chi connectivity index (χ1) is 12.3. The van der Waals surface area contributed by atoms with Crippen LogP contribution in [0.1, 0.15) is 45.0 Å². The van der Waals surface area contributed by atoms with Crippen LogP contribution in [0.3, 0.4) is 0 Å². The second-order valence-corrected chi connectivity index (χ2v) is 10.0. The molecule has 0 radical (unpaired) electrons. The Labute approximate surface area is 166 Å². The van der Waals surface area contributed by atoms with Crippen molar-refractivity contribution < 1.29 is 8.73 Å². The molecule has 0 spiro atoms. The smallest absolute Gasteiger partial charge is 0.324 e. The van der Waals surface area contributed by atoms with Crippen LogP contribution in [0.15, 0.2) is 33.3 Å². The van der Waals surface area contributed by atoms with Crippen LogP contribution in [-0.2, 0) is 16.2 Å². The summed E-state index contributed by atoms with van der Waals surface area (Å²) in [6.45, 7) is 8.15. The van der Waals surface area contributed by atoms with Crippen LogP contribution in [0.25, 0.3) is 0 Å². The Morgan fingerprint density at radius 1 is 1.27 bits per heavy atom. The van der Waals surface area contributed by atoms with Gasteiger partial charge in [-0.3, -0.25) is 4.21 Å². The Balaban J connectivity index is 1.85. The average Bonchev–Trinajstić information content (AvgIpc) is 3.12. The summed E-state index contributed by atoms with van der Waals surface area (Å²) in [5, 5.41) is 4.61. The van der Waals surface area contributed by atoms with E-state index in [1.54, 1.807) is 6.26 Å². The van der Waals surface area contributed by atoms with E-state index in [1.807, 2.05) is 12.1 Å². The lowest BCUT2D eigenvalue weighted by molar-refractivity contribution is 0.346. The molecule has 1 aromatic heterocycles. The highest BCUT2D eigenvalue weighted by Gasteiger charge is 2.38. The Morgan fingerprint density at radius 3 is 2.42 bits per heavy atom. The van der Waals surface area contributed by atoms with Crippen molar-refractivity contribution in [1.82, 2.24) is 10.1 Å². The third-order valence-corrected chi connectivity index (χ3v) is 7.60. The molecule has 1 aromatic carbocycles. The van der Waals surface area contributed by atoms with E-state index < -0.39 is 10.8 Å². The molecule has 1 fully saturated rings. The van der Waals surface area contributed by atoms with Crippen LogP contribution in [0.4, 0.5) is 6.01 Å². The number of hydrogen-bond donors (Lipinski definition) is 0. The summed E-state index contributed by atoms with van der Waals surface area (Å²) in [4.78, 5) is 6.87. The zero-order chi connectivity index (χ0) is 18.9. The van der Waals surface area contributed by atoms with Crippen LogP contribution >= 0.6 is 15.9 Å². The summed E-state index contributed by atoms with van der Waals surface area (Å²) >= 11 is 3.50. The maximum atomic E-state index is 11.7. The van der Waals surface area contributed by atoms with Crippen LogP contribution in [0.2, 0.25) is 0 Å². The first-order valence-corrected chi connectivity index (χ1v) is 11.4. The van der Waals surface area contributed by atoms with E-state index in [9.17, 15) is 4.21 Å². The molecule has 1 aliphatic rings. The van der Waals surface area contributed by atoms with Gasteiger partial charge in [0.25, 0.3) is 0 Å². The summed E-state index contributed by atoms with van der Waals surface area (Å²) in [7, 11) is -0.762. The molecule has 2 heterocycles. The van der Waals surface area contributed by atoms with E-state index in [0.717, 1.165) is 30.4 Å². The molecule has 142 valence electrons. The summed E-state index contributed by atoms with van der Waals surface area (Å²) in [6, 6.07) is 8.90. The molecule has 1 aliphatic heterocycles. The monoisotopic (exact) mass is 439 g/mol. The van der Waals surface area contributed by atoms with Gasteiger partial charge in [0.1, 0.15) is 0 Å². The lowest BCUT2D eigenvalue weighted by Gasteiger charge is -2.31. The van der Waals surface area contributed by atoms with Crippen molar-refractivity contribution >= 4 is 32.7 Å². The number of halogens is 1. The summed E-state index contributed by atoms with van der Waals surface area (Å²) in [6.07, 6.45) is 3.58. The molecule has 2 aromatic rings. The molecule has 7 heteroatoms. The molecule has 0 saturated carbocycles.